The van der Waals surface area contributed by atoms with Gasteiger partial charge in [-0.05, 0) is 58.8 Å². The van der Waals surface area contributed by atoms with E-state index in [0.717, 1.165) is 12.0 Å². The van der Waals surface area contributed by atoms with Crippen LogP contribution in [0.25, 0.3) is 0 Å². The third-order valence-electron chi connectivity index (χ3n) is 6.73. The van der Waals surface area contributed by atoms with Crippen LogP contribution >= 0.6 is 0 Å². The summed E-state index contributed by atoms with van der Waals surface area (Å²) in [6.45, 7) is 18.1. The molecule has 2 heteroatoms. The zero-order valence-corrected chi connectivity index (χ0v) is 14.8. The molecule has 0 radical (unpaired) electrons. The molecule has 0 spiro atoms. The van der Waals surface area contributed by atoms with Crippen LogP contribution in [0.4, 0.5) is 0 Å². The number of aliphatic hydroxyl groups excluding tert-OH is 1. The van der Waals surface area contributed by atoms with Gasteiger partial charge in [0.15, 0.2) is 6.29 Å². The lowest BCUT2D eigenvalue weighted by molar-refractivity contribution is -0.0435. The van der Waals surface area contributed by atoms with E-state index in [-0.39, 0.29) is 16.2 Å². The molecule has 1 aromatic rings. The first-order valence-electron chi connectivity index (χ1n) is 7.84. The fourth-order valence-corrected chi connectivity index (χ4v) is 4.16. The Balaban J connectivity index is 2.86. The summed E-state index contributed by atoms with van der Waals surface area (Å²) in [5.41, 5.74) is 5.86. The molecule has 0 bridgehead atoms. The average Bonchev–Trinajstić information content (AvgIpc) is 2.30. The van der Waals surface area contributed by atoms with E-state index >= 15 is 0 Å². The summed E-state index contributed by atoms with van der Waals surface area (Å²) in [7, 11) is 0. The van der Waals surface area contributed by atoms with Crippen molar-refractivity contribution in [3.05, 3.63) is 33.9 Å². The van der Waals surface area contributed by atoms with Crippen LogP contribution in [0.2, 0.25) is 0 Å². The van der Waals surface area contributed by atoms with Crippen molar-refractivity contribution in [2.75, 3.05) is 0 Å². The molecule has 0 amide bonds. The minimum absolute atomic E-state index is 0.0240. The number of benzene rings is 1. The highest BCUT2D eigenvalue weighted by molar-refractivity contribution is 5.52. The molecule has 21 heavy (non-hydrogen) atoms. The Morgan fingerprint density at radius 2 is 1.52 bits per heavy atom. The topological polar surface area (TPSA) is 40.5 Å². The second-order valence-electron chi connectivity index (χ2n) is 8.45. The van der Waals surface area contributed by atoms with Gasteiger partial charge in [0.2, 0.25) is 0 Å². The van der Waals surface area contributed by atoms with Crippen LogP contribution in [0.1, 0.15) is 75.6 Å². The Labute approximate surface area is 129 Å². The molecule has 0 aromatic heterocycles. The molecule has 0 unspecified atom stereocenters. The summed E-state index contributed by atoms with van der Waals surface area (Å²) in [5.74, 6) is 0. The van der Waals surface area contributed by atoms with Crippen LogP contribution in [0.15, 0.2) is 6.07 Å². The summed E-state index contributed by atoms with van der Waals surface area (Å²) < 4.78 is 0. The largest absolute Gasteiger partial charge is 0.364 e. The van der Waals surface area contributed by atoms with E-state index in [2.05, 4.69) is 48.5 Å². The molecule has 0 saturated carbocycles. The molecule has 1 aliphatic carbocycles. The first kappa shape index (κ1) is 16.5. The number of aliphatic hydroxyl groups is 2. The summed E-state index contributed by atoms with van der Waals surface area (Å²) >= 11 is 0. The van der Waals surface area contributed by atoms with E-state index in [1.54, 1.807) is 0 Å². The summed E-state index contributed by atoms with van der Waals surface area (Å²) in [6.07, 6.45) is -0.365. The standard InChI is InChI=1S/C19H30O2/c1-11-9-13(16(20)21)12(2)15-14(11)10-17(3,4)19(7,8)18(15,5)6/h9,16,20-21H,10H2,1-8H3. The van der Waals surface area contributed by atoms with Crippen LogP contribution in [-0.2, 0) is 11.8 Å². The minimum Gasteiger partial charge on any atom is -0.364 e. The molecular formula is C19H30O2. The van der Waals surface area contributed by atoms with Gasteiger partial charge in [0, 0.05) is 5.56 Å². The molecule has 0 saturated heterocycles. The quantitative estimate of drug-likeness (QED) is 0.762. The van der Waals surface area contributed by atoms with Crippen molar-refractivity contribution in [3.8, 4) is 0 Å². The van der Waals surface area contributed by atoms with Crippen molar-refractivity contribution in [2.24, 2.45) is 10.8 Å². The predicted octanol–water partition coefficient (Wildman–Crippen LogP) is 4.17. The van der Waals surface area contributed by atoms with Gasteiger partial charge in [-0.2, -0.15) is 0 Å². The fourth-order valence-electron chi connectivity index (χ4n) is 4.16. The number of rotatable bonds is 1. The summed E-state index contributed by atoms with van der Waals surface area (Å²) in [5, 5.41) is 19.4. The number of hydrogen-bond donors (Lipinski definition) is 2. The van der Waals surface area contributed by atoms with Crippen molar-refractivity contribution in [1.29, 1.82) is 0 Å². The number of hydrogen-bond acceptors (Lipinski definition) is 2. The molecule has 1 aliphatic rings. The second-order valence-corrected chi connectivity index (χ2v) is 8.45. The summed E-state index contributed by atoms with van der Waals surface area (Å²) in [6, 6.07) is 1.95. The first-order chi connectivity index (χ1) is 9.34. The fraction of sp³-hybridized carbons (Fsp3) is 0.684. The van der Waals surface area contributed by atoms with Gasteiger partial charge in [0.05, 0.1) is 0 Å². The molecule has 0 atom stereocenters. The summed E-state index contributed by atoms with van der Waals surface area (Å²) in [4.78, 5) is 0. The highest BCUT2D eigenvalue weighted by atomic mass is 16.5. The second kappa shape index (κ2) is 4.57. The molecule has 0 aliphatic heterocycles. The molecule has 118 valence electrons. The van der Waals surface area contributed by atoms with Gasteiger partial charge < -0.3 is 10.2 Å². The Bertz CT molecular complexity index is 578. The van der Waals surface area contributed by atoms with Gasteiger partial charge in [0.25, 0.3) is 0 Å². The lowest BCUT2D eigenvalue weighted by Gasteiger charge is -2.58. The maximum absolute atomic E-state index is 9.69. The van der Waals surface area contributed by atoms with Crippen LogP contribution < -0.4 is 0 Å². The molecule has 2 rings (SSSR count). The zero-order chi connectivity index (χ0) is 16.4. The van der Waals surface area contributed by atoms with Crippen molar-refractivity contribution < 1.29 is 10.2 Å². The molecule has 1 aromatic carbocycles. The average molecular weight is 290 g/mol. The molecule has 0 fully saturated rings. The maximum Gasteiger partial charge on any atom is 0.178 e. The lowest BCUT2D eigenvalue weighted by Crippen LogP contribution is -2.52. The van der Waals surface area contributed by atoms with Gasteiger partial charge in [0.1, 0.15) is 0 Å². The molecule has 2 nitrogen and oxygen atoms in total. The Kier molecular flexibility index (Phi) is 3.59. The van der Waals surface area contributed by atoms with E-state index in [9.17, 15) is 10.2 Å². The third-order valence-corrected chi connectivity index (χ3v) is 6.73. The van der Waals surface area contributed by atoms with E-state index < -0.39 is 6.29 Å². The lowest BCUT2D eigenvalue weighted by atomic mass is 9.46. The Morgan fingerprint density at radius 3 is 2.00 bits per heavy atom. The van der Waals surface area contributed by atoms with Crippen LogP contribution in [0.3, 0.4) is 0 Å². The van der Waals surface area contributed by atoms with Crippen molar-refractivity contribution in [2.45, 2.75) is 73.5 Å². The maximum atomic E-state index is 9.69. The van der Waals surface area contributed by atoms with Gasteiger partial charge in [-0.15, -0.1) is 0 Å². The van der Waals surface area contributed by atoms with Gasteiger partial charge in [-0.1, -0.05) is 47.6 Å². The van der Waals surface area contributed by atoms with Crippen LogP contribution in [0.5, 0.6) is 0 Å². The van der Waals surface area contributed by atoms with Crippen molar-refractivity contribution in [3.63, 3.8) is 0 Å². The third kappa shape index (κ3) is 2.07. The van der Waals surface area contributed by atoms with Crippen molar-refractivity contribution >= 4 is 0 Å². The van der Waals surface area contributed by atoms with E-state index in [1.807, 2.05) is 13.0 Å². The van der Waals surface area contributed by atoms with Crippen LogP contribution in [-0.4, -0.2) is 10.2 Å². The normalized spacial score (nSPS) is 22.2. The van der Waals surface area contributed by atoms with E-state index in [4.69, 9.17) is 0 Å². The smallest absolute Gasteiger partial charge is 0.178 e. The number of fused-ring (bicyclic) bond motifs is 1. The predicted molar refractivity (Wildman–Crippen MR) is 87.4 cm³/mol. The monoisotopic (exact) mass is 290 g/mol. The molecule has 0 heterocycles. The van der Waals surface area contributed by atoms with Gasteiger partial charge in [-0.25, -0.2) is 0 Å². The first-order valence-corrected chi connectivity index (χ1v) is 7.84. The molecular weight excluding hydrogens is 260 g/mol. The zero-order valence-electron chi connectivity index (χ0n) is 14.8. The highest BCUT2D eigenvalue weighted by Crippen LogP contribution is 2.59. The van der Waals surface area contributed by atoms with Crippen LogP contribution in [0, 0.1) is 24.7 Å². The minimum atomic E-state index is -1.40. The highest BCUT2D eigenvalue weighted by Gasteiger charge is 2.53. The van der Waals surface area contributed by atoms with Crippen molar-refractivity contribution in [1.82, 2.24) is 0 Å². The molecule has 2 N–H and O–H groups in total. The van der Waals surface area contributed by atoms with E-state index in [0.29, 0.717) is 5.56 Å². The Hall–Kier alpha value is -0.860. The van der Waals surface area contributed by atoms with Gasteiger partial charge in [-0.3, -0.25) is 0 Å². The Morgan fingerprint density at radius 1 is 1.00 bits per heavy atom. The SMILES string of the molecule is Cc1cc(C(O)O)c(C)c2c1CC(C)(C)C(C)(C)C2(C)C. The number of aryl methyl sites for hydroxylation is 1. The van der Waals surface area contributed by atoms with Gasteiger partial charge >= 0.3 is 0 Å². The van der Waals surface area contributed by atoms with E-state index in [1.165, 1.54) is 16.7 Å².